The van der Waals surface area contributed by atoms with Crippen molar-refractivity contribution in [3.8, 4) is 0 Å². The first-order chi connectivity index (χ1) is 10.1. The van der Waals surface area contributed by atoms with Gasteiger partial charge in [0.1, 0.15) is 0 Å². The molecule has 1 amide bonds. The molecule has 0 spiro atoms. The number of aromatic amines is 1. The van der Waals surface area contributed by atoms with Crippen molar-refractivity contribution in [1.29, 1.82) is 0 Å². The normalized spacial score (nSPS) is 10.7. The van der Waals surface area contributed by atoms with Gasteiger partial charge >= 0.3 is 5.76 Å². The van der Waals surface area contributed by atoms with Gasteiger partial charge in [0.25, 0.3) is 0 Å². The maximum atomic E-state index is 12.0. The highest BCUT2D eigenvalue weighted by atomic mass is 35.5. The molecule has 0 aliphatic heterocycles. The van der Waals surface area contributed by atoms with Crippen molar-refractivity contribution in [1.82, 2.24) is 4.98 Å². The van der Waals surface area contributed by atoms with Crippen molar-refractivity contribution in [2.45, 2.75) is 6.42 Å². The Hall–Kier alpha value is -2.53. The highest BCUT2D eigenvalue weighted by molar-refractivity contribution is 6.31. The van der Waals surface area contributed by atoms with Gasteiger partial charge in [0, 0.05) is 16.8 Å². The third-order valence-corrected chi connectivity index (χ3v) is 3.38. The van der Waals surface area contributed by atoms with Gasteiger partial charge in [-0.1, -0.05) is 29.8 Å². The van der Waals surface area contributed by atoms with E-state index in [4.69, 9.17) is 16.0 Å². The molecule has 3 aromatic rings. The topological polar surface area (TPSA) is 75.1 Å². The Morgan fingerprint density at radius 3 is 2.86 bits per heavy atom. The number of rotatable bonds is 3. The standard InChI is InChI=1S/C15H11ClN2O3/c16-11-4-2-1-3-9(11)7-14(19)17-10-5-6-12-13(8-10)21-15(20)18-12/h1-6,8H,7H2,(H,17,19)(H,18,20). The van der Waals surface area contributed by atoms with E-state index < -0.39 is 5.76 Å². The summed E-state index contributed by atoms with van der Waals surface area (Å²) in [7, 11) is 0. The minimum atomic E-state index is -0.524. The highest BCUT2D eigenvalue weighted by Gasteiger charge is 2.08. The van der Waals surface area contributed by atoms with Crippen molar-refractivity contribution in [3.63, 3.8) is 0 Å². The number of benzene rings is 2. The monoisotopic (exact) mass is 302 g/mol. The van der Waals surface area contributed by atoms with E-state index in [1.165, 1.54) is 0 Å². The third kappa shape index (κ3) is 2.98. The first kappa shape index (κ1) is 13.5. The van der Waals surface area contributed by atoms with Crippen LogP contribution < -0.4 is 11.1 Å². The summed E-state index contributed by atoms with van der Waals surface area (Å²) in [5, 5.41) is 3.30. The first-order valence-corrected chi connectivity index (χ1v) is 6.66. The number of carbonyl (C=O) groups excluding carboxylic acids is 1. The molecule has 2 N–H and O–H groups in total. The molecule has 106 valence electrons. The van der Waals surface area contributed by atoms with Crippen LogP contribution in [0.25, 0.3) is 11.1 Å². The summed E-state index contributed by atoms with van der Waals surface area (Å²) in [6.07, 6.45) is 0.175. The molecular formula is C15H11ClN2O3. The van der Waals surface area contributed by atoms with Crippen LogP contribution in [0.15, 0.2) is 51.7 Å². The maximum Gasteiger partial charge on any atom is 0.417 e. The molecule has 1 heterocycles. The van der Waals surface area contributed by atoms with Gasteiger partial charge in [0.2, 0.25) is 5.91 Å². The fourth-order valence-corrected chi connectivity index (χ4v) is 2.25. The zero-order valence-electron chi connectivity index (χ0n) is 10.9. The number of hydrogen-bond acceptors (Lipinski definition) is 3. The van der Waals surface area contributed by atoms with E-state index in [0.717, 1.165) is 5.56 Å². The molecule has 2 aromatic carbocycles. The van der Waals surface area contributed by atoms with Crippen molar-refractivity contribution in [2.24, 2.45) is 0 Å². The summed E-state index contributed by atoms with van der Waals surface area (Å²) >= 11 is 6.02. The summed E-state index contributed by atoms with van der Waals surface area (Å²) in [6.45, 7) is 0. The summed E-state index contributed by atoms with van der Waals surface area (Å²) in [5.74, 6) is -0.718. The Kier molecular flexibility index (Phi) is 3.50. The van der Waals surface area contributed by atoms with Crippen molar-refractivity contribution < 1.29 is 9.21 Å². The number of hydrogen-bond donors (Lipinski definition) is 2. The number of halogens is 1. The number of nitrogens with one attached hydrogen (secondary N) is 2. The minimum Gasteiger partial charge on any atom is -0.408 e. The molecule has 0 unspecified atom stereocenters. The largest absolute Gasteiger partial charge is 0.417 e. The quantitative estimate of drug-likeness (QED) is 0.781. The van der Waals surface area contributed by atoms with Crippen molar-refractivity contribution in [2.75, 3.05) is 5.32 Å². The number of fused-ring (bicyclic) bond motifs is 1. The molecular weight excluding hydrogens is 292 g/mol. The number of aromatic nitrogens is 1. The van der Waals surface area contributed by atoms with Gasteiger partial charge in [-0.15, -0.1) is 0 Å². The van der Waals surface area contributed by atoms with E-state index >= 15 is 0 Å². The third-order valence-electron chi connectivity index (χ3n) is 3.01. The molecule has 0 aliphatic rings. The number of H-pyrrole nitrogens is 1. The van der Waals surface area contributed by atoms with Crippen LogP contribution in [0.1, 0.15) is 5.56 Å². The lowest BCUT2D eigenvalue weighted by molar-refractivity contribution is -0.115. The lowest BCUT2D eigenvalue weighted by atomic mass is 10.1. The van der Waals surface area contributed by atoms with Crippen LogP contribution in [0.4, 0.5) is 5.69 Å². The van der Waals surface area contributed by atoms with E-state index in [2.05, 4.69) is 10.3 Å². The fraction of sp³-hybridized carbons (Fsp3) is 0.0667. The lowest BCUT2D eigenvalue weighted by Gasteiger charge is -2.06. The Balaban J connectivity index is 1.77. The Morgan fingerprint density at radius 1 is 1.24 bits per heavy atom. The molecule has 5 nitrogen and oxygen atoms in total. The van der Waals surface area contributed by atoms with Crippen molar-refractivity contribution >= 4 is 34.3 Å². The summed E-state index contributed by atoms with van der Waals surface area (Å²) in [5.41, 5.74) is 2.30. The number of carbonyl (C=O) groups is 1. The average molecular weight is 303 g/mol. The smallest absolute Gasteiger partial charge is 0.408 e. The predicted octanol–water partition coefficient (Wildman–Crippen LogP) is 2.96. The number of oxazole rings is 1. The summed E-state index contributed by atoms with van der Waals surface area (Å²) in [6, 6.07) is 12.1. The zero-order valence-corrected chi connectivity index (χ0v) is 11.6. The summed E-state index contributed by atoms with van der Waals surface area (Å²) < 4.78 is 4.94. The maximum absolute atomic E-state index is 12.0. The van der Waals surface area contributed by atoms with Gasteiger partial charge in [-0.25, -0.2) is 4.79 Å². The fourth-order valence-electron chi connectivity index (χ4n) is 2.04. The molecule has 0 fully saturated rings. The van der Waals surface area contributed by atoms with Crippen molar-refractivity contribution in [3.05, 3.63) is 63.6 Å². The Labute approximate surface area is 124 Å². The van der Waals surface area contributed by atoms with Crippen LogP contribution in [0, 0.1) is 0 Å². The zero-order chi connectivity index (χ0) is 14.8. The van der Waals surface area contributed by atoms with Gasteiger partial charge in [-0.2, -0.15) is 0 Å². The summed E-state index contributed by atoms with van der Waals surface area (Å²) in [4.78, 5) is 25.6. The highest BCUT2D eigenvalue weighted by Crippen LogP contribution is 2.18. The molecule has 0 saturated carbocycles. The van der Waals surface area contributed by atoms with Gasteiger partial charge in [-0.3, -0.25) is 9.78 Å². The first-order valence-electron chi connectivity index (χ1n) is 6.28. The second-order valence-corrected chi connectivity index (χ2v) is 4.95. The molecule has 6 heteroatoms. The van der Waals surface area contributed by atoms with Crippen LogP contribution in [0.2, 0.25) is 5.02 Å². The van der Waals surface area contributed by atoms with E-state index in [0.29, 0.717) is 21.8 Å². The molecule has 0 bridgehead atoms. The van der Waals surface area contributed by atoms with Crippen LogP contribution >= 0.6 is 11.6 Å². The molecule has 0 atom stereocenters. The molecule has 0 radical (unpaired) electrons. The van der Waals surface area contributed by atoms with E-state index in [1.54, 1.807) is 30.3 Å². The Bertz CT molecular complexity index is 866. The molecule has 1 aromatic heterocycles. The van der Waals surface area contributed by atoms with Crippen LogP contribution in [-0.2, 0) is 11.2 Å². The second kappa shape index (κ2) is 5.46. The number of anilines is 1. The van der Waals surface area contributed by atoms with Gasteiger partial charge in [0.15, 0.2) is 5.58 Å². The van der Waals surface area contributed by atoms with Crippen LogP contribution in [0.5, 0.6) is 0 Å². The Morgan fingerprint density at radius 2 is 2.05 bits per heavy atom. The van der Waals surface area contributed by atoms with Gasteiger partial charge in [-0.05, 0) is 23.8 Å². The molecule has 21 heavy (non-hydrogen) atoms. The van der Waals surface area contributed by atoms with E-state index in [9.17, 15) is 9.59 Å². The average Bonchev–Trinajstić information content (AvgIpc) is 2.80. The van der Waals surface area contributed by atoms with Gasteiger partial charge in [0.05, 0.1) is 11.9 Å². The van der Waals surface area contributed by atoms with Crippen LogP contribution in [-0.4, -0.2) is 10.9 Å². The van der Waals surface area contributed by atoms with E-state index in [-0.39, 0.29) is 12.3 Å². The second-order valence-electron chi connectivity index (χ2n) is 4.54. The molecule has 0 aliphatic carbocycles. The number of amides is 1. The van der Waals surface area contributed by atoms with E-state index in [1.807, 2.05) is 12.1 Å². The van der Waals surface area contributed by atoms with Gasteiger partial charge < -0.3 is 9.73 Å². The molecule has 0 saturated heterocycles. The predicted molar refractivity (Wildman–Crippen MR) is 80.6 cm³/mol. The molecule has 3 rings (SSSR count). The van der Waals surface area contributed by atoms with Crippen LogP contribution in [0.3, 0.4) is 0 Å². The SMILES string of the molecule is O=C(Cc1ccccc1Cl)Nc1ccc2[nH]c(=O)oc2c1. The minimum absolute atomic E-state index is 0.175. The lowest BCUT2D eigenvalue weighted by Crippen LogP contribution is -2.14.